The number of hydrazine groups is 1. The fourth-order valence-electron chi connectivity index (χ4n) is 0.995. The Labute approximate surface area is 71.4 Å². The third kappa shape index (κ3) is 2.03. The highest BCUT2D eigenvalue weighted by atomic mass is 16.3. The first-order valence-corrected chi connectivity index (χ1v) is 3.72. The lowest BCUT2D eigenvalue weighted by Gasteiger charge is -2.10. The molecule has 0 aromatic heterocycles. The molecule has 0 amide bonds. The Morgan fingerprint density at radius 1 is 1.67 bits per heavy atom. The molecular formula is C8H13N3O. The molecule has 0 radical (unpaired) electrons. The Morgan fingerprint density at radius 3 is 3.00 bits per heavy atom. The van der Waals surface area contributed by atoms with Gasteiger partial charge in [0, 0.05) is 12.6 Å². The maximum absolute atomic E-state index is 9.13. The van der Waals surface area contributed by atoms with E-state index in [0.29, 0.717) is 5.82 Å². The predicted molar refractivity (Wildman–Crippen MR) is 47.9 cm³/mol. The molecule has 0 heterocycles. The third-order valence-corrected chi connectivity index (χ3v) is 1.55. The van der Waals surface area contributed by atoms with Crippen LogP contribution in [0.1, 0.15) is 6.42 Å². The highest BCUT2D eigenvalue weighted by molar-refractivity contribution is 5.34. The minimum absolute atomic E-state index is 0.233. The number of nitrogens with one attached hydrogen (secondary N) is 2. The van der Waals surface area contributed by atoms with Crippen molar-refractivity contribution in [3.05, 3.63) is 35.4 Å². The first kappa shape index (κ1) is 8.67. The van der Waals surface area contributed by atoms with Crippen molar-refractivity contribution in [2.75, 3.05) is 7.05 Å². The summed E-state index contributed by atoms with van der Waals surface area (Å²) in [6, 6.07) is 0. The number of nitrogens with two attached hydrogens (primary N) is 1. The van der Waals surface area contributed by atoms with Crippen LogP contribution in [0.2, 0.25) is 0 Å². The van der Waals surface area contributed by atoms with Crippen LogP contribution in [-0.4, -0.2) is 12.2 Å². The van der Waals surface area contributed by atoms with Crippen LogP contribution in [-0.2, 0) is 0 Å². The van der Waals surface area contributed by atoms with Gasteiger partial charge in [0.25, 0.3) is 0 Å². The first-order valence-electron chi connectivity index (χ1n) is 3.72. The second-order valence-corrected chi connectivity index (χ2v) is 2.49. The van der Waals surface area contributed by atoms with E-state index in [1.165, 1.54) is 0 Å². The number of hydrogen-bond donors (Lipinski definition) is 4. The SMILES string of the molecule is CNN/C(N)=C1/C=C(O)C=CC1. The topological polar surface area (TPSA) is 70.3 Å². The molecule has 0 saturated carbocycles. The van der Waals surface area contributed by atoms with Crippen LogP contribution in [0.15, 0.2) is 35.4 Å². The highest BCUT2D eigenvalue weighted by Crippen LogP contribution is 2.14. The molecule has 0 bridgehead atoms. The second-order valence-electron chi connectivity index (χ2n) is 2.49. The lowest BCUT2D eigenvalue weighted by atomic mass is 10.1. The van der Waals surface area contributed by atoms with Gasteiger partial charge in [0.1, 0.15) is 11.6 Å². The van der Waals surface area contributed by atoms with Gasteiger partial charge in [-0.2, -0.15) is 0 Å². The third-order valence-electron chi connectivity index (χ3n) is 1.55. The average Bonchev–Trinajstić information content (AvgIpc) is 2.05. The number of hydrogen-bond acceptors (Lipinski definition) is 4. The summed E-state index contributed by atoms with van der Waals surface area (Å²) in [6.45, 7) is 0. The van der Waals surface area contributed by atoms with Gasteiger partial charge in [-0.1, -0.05) is 6.08 Å². The van der Waals surface area contributed by atoms with Crippen molar-refractivity contribution in [2.45, 2.75) is 6.42 Å². The average molecular weight is 167 g/mol. The number of allylic oxidation sites excluding steroid dienone is 4. The van der Waals surface area contributed by atoms with Crippen molar-refractivity contribution < 1.29 is 5.11 Å². The molecule has 66 valence electrons. The second kappa shape index (κ2) is 3.82. The van der Waals surface area contributed by atoms with Crippen molar-refractivity contribution in [1.82, 2.24) is 10.9 Å². The predicted octanol–water partition coefficient (Wildman–Crippen LogP) is 0.282. The van der Waals surface area contributed by atoms with E-state index in [4.69, 9.17) is 10.8 Å². The molecule has 0 unspecified atom stereocenters. The van der Waals surface area contributed by atoms with E-state index in [-0.39, 0.29) is 5.76 Å². The van der Waals surface area contributed by atoms with Crippen LogP contribution < -0.4 is 16.6 Å². The van der Waals surface area contributed by atoms with Crippen molar-refractivity contribution in [3.63, 3.8) is 0 Å². The molecular weight excluding hydrogens is 154 g/mol. The minimum Gasteiger partial charge on any atom is -0.508 e. The van der Waals surface area contributed by atoms with E-state index in [0.717, 1.165) is 12.0 Å². The Morgan fingerprint density at radius 2 is 2.42 bits per heavy atom. The van der Waals surface area contributed by atoms with Gasteiger partial charge < -0.3 is 16.3 Å². The van der Waals surface area contributed by atoms with Gasteiger partial charge in [-0.15, -0.1) is 0 Å². The number of aliphatic hydroxyl groups is 1. The maximum Gasteiger partial charge on any atom is 0.115 e. The van der Waals surface area contributed by atoms with Crippen LogP contribution >= 0.6 is 0 Å². The van der Waals surface area contributed by atoms with Crippen LogP contribution in [0.25, 0.3) is 0 Å². The Hall–Kier alpha value is -1.42. The van der Waals surface area contributed by atoms with E-state index in [1.54, 1.807) is 19.2 Å². The summed E-state index contributed by atoms with van der Waals surface area (Å²) in [6.07, 6.45) is 5.88. The van der Waals surface area contributed by atoms with Crippen LogP contribution in [0, 0.1) is 0 Å². The summed E-state index contributed by atoms with van der Waals surface area (Å²) >= 11 is 0. The van der Waals surface area contributed by atoms with E-state index in [9.17, 15) is 0 Å². The normalized spacial score (nSPS) is 20.2. The molecule has 12 heavy (non-hydrogen) atoms. The zero-order chi connectivity index (χ0) is 8.97. The van der Waals surface area contributed by atoms with Crippen LogP contribution in [0.5, 0.6) is 0 Å². The summed E-state index contributed by atoms with van der Waals surface area (Å²) in [7, 11) is 1.73. The van der Waals surface area contributed by atoms with E-state index >= 15 is 0 Å². The molecule has 0 aromatic rings. The van der Waals surface area contributed by atoms with E-state index < -0.39 is 0 Å². The summed E-state index contributed by atoms with van der Waals surface area (Å²) in [4.78, 5) is 0. The Balaban J connectivity index is 2.76. The molecule has 1 aliphatic carbocycles. The van der Waals surface area contributed by atoms with Crippen LogP contribution in [0.4, 0.5) is 0 Å². The molecule has 5 N–H and O–H groups in total. The Kier molecular flexibility index (Phi) is 2.76. The minimum atomic E-state index is 0.233. The number of rotatable bonds is 2. The zero-order valence-corrected chi connectivity index (χ0v) is 6.96. The van der Waals surface area contributed by atoms with Crippen molar-refractivity contribution in [3.8, 4) is 0 Å². The largest absolute Gasteiger partial charge is 0.508 e. The molecule has 0 spiro atoms. The summed E-state index contributed by atoms with van der Waals surface area (Å²) in [5, 5.41) is 9.13. The molecule has 4 heteroatoms. The molecule has 0 atom stereocenters. The fourth-order valence-corrected chi connectivity index (χ4v) is 0.995. The monoisotopic (exact) mass is 167 g/mol. The van der Waals surface area contributed by atoms with Gasteiger partial charge in [-0.25, -0.2) is 5.43 Å². The summed E-state index contributed by atoms with van der Waals surface area (Å²) < 4.78 is 0. The van der Waals surface area contributed by atoms with Gasteiger partial charge in [-0.3, -0.25) is 0 Å². The van der Waals surface area contributed by atoms with Crippen molar-refractivity contribution in [1.29, 1.82) is 0 Å². The first-order chi connectivity index (χ1) is 5.74. The molecule has 0 aliphatic heterocycles. The van der Waals surface area contributed by atoms with E-state index in [2.05, 4.69) is 10.9 Å². The van der Waals surface area contributed by atoms with Gasteiger partial charge in [0.2, 0.25) is 0 Å². The summed E-state index contributed by atoms with van der Waals surface area (Å²) in [5.41, 5.74) is 12.0. The van der Waals surface area contributed by atoms with Crippen molar-refractivity contribution in [2.24, 2.45) is 5.73 Å². The molecule has 1 aliphatic rings. The number of aliphatic hydroxyl groups excluding tert-OH is 1. The maximum atomic E-state index is 9.13. The quantitative estimate of drug-likeness (QED) is 0.446. The van der Waals surface area contributed by atoms with Crippen LogP contribution in [0.3, 0.4) is 0 Å². The molecule has 4 nitrogen and oxygen atoms in total. The lowest BCUT2D eigenvalue weighted by Crippen LogP contribution is -2.32. The lowest BCUT2D eigenvalue weighted by molar-refractivity contribution is 0.430. The molecule has 0 aromatic carbocycles. The standard InChI is InChI=1S/C8H13N3O/c1-10-11-8(9)6-3-2-4-7(12)5-6/h2,4-5,10-12H,3,9H2,1H3/b8-6+. The highest BCUT2D eigenvalue weighted by Gasteiger charge is 2.03. The fraction of sp³-hybridized carbons (Fsp3) is 0.250. The molecule has 0 fully saturated rings. The zero-order valence-electron chi connectivity index (χ0n) is 6.96. The van der Waals surface area contributed by atoms with Gasteiger partial charge in [0.05, 0.1) is 0 Å². The molecule has 0 saturated heterocycles. The van der Waals surface area contributed by atoms with Gasteiger partial charge >= 0.3 is 0 Å². The van der Waals surface area contributed by atoms with Crippen molar-refractivity contribution >= 4 is 0 Å². The Bertz CT molecular complexity index is 253. The van der Waals surface area contributed by atoms with Gasteiger partial charge in [-0.05, 0) is 18.6 Å². The molecule has 1 rings (SSSR count). The smallest absolute Gasteiger partial charge is 0.115 e. The van der Waals surface area contributed by atoms with Gasteiger partial charge in [0.15, 0.2) is 0 Å². The summed E-state index contributed by atoms with van der Waals surface area (Å²) in [5.74, 6) is 0.769. The van der Waals surface area contributed by atoms with E-state index in [1.807, 2.05) is 6.08 Å².